The number of hydrogen-bond donors (Lipinski definition) is 1. The summed E-state index contributed by atoms with van der Waals surface area (Å²) in [6, 6.07) is 11.9. The fraction of sp³-hybridized carbons (Fsp3) is 0.308. The molecule has 9 nitrogen and oxygen atoms in total. The van der Waals surface area contributed by atoms with Gasteiger partial charge in [-0.05, 0) is 50.6 Å². The van der Waals surface area contributed by atoms with Crippen molar-refractivity contribution < 1.29 is 14.6 Å². The average Bonchev–Trinajstić information content (AvgIpc) is 3.22. The van der Waals surface area contributed by atoms with Gasteiger partial charge in [0.15, 0.2) is 0 Å². The van der Waals surface area contributed by atoms with E-state index in [2.05, 4.69) is 26.0 Å². The number of nitrogens with zero attached hydrogens (tertiary/aromatic N) is 6. The highest BCUT2D eigenvalue weighted by molar-refractivity contribution is 5.85. The smallest absolute Gasteiger partial charge is 0.213 e. The van der Waals surface area contributed by atoms with Gasteiger partial charge in [-0.3, -0.25) is 0 Å². The number of pyridine rings is 3. The van der Waals surface area contributed by atoms with E-state index >= 15 is 0 Å². The summed E-state index contributed by atoms with van der Waals surface area (Å²) in [4.78, 5) is 11.1. The zero-order valence-electron chi connectivity index (χ0n) is 19.8. The van der Waals surface area contributed by atoms with Crippen molar-refractivity contribution in [2.24, 2.45) is 0 Å². The molecule has 5 heterocycles. The van der Waals surface area contributed by atoms with Gasteiger partial charge in [-0.25, -0.2) is 14.5 Å². The number of hydrogen-bond acceptors (Lipinski definition) is 8. The van der Waals surface area contributed by atoms with Crippen LogP contribution < -0.4 is 14.4 Å². The lowest BCUT2D eigenvalue weighted by atomic mass is 10.0. The molecule has 4 aromatic rings. The second-order valence-corrected chi connectivity index (χ2v) is 9.38. The van der Waals surface area contributed by atoms with Gasteiger partial charge in [0.25, 0.3) is 0 Å². The van der Waals surface area contributed by atoms with Crippen LogP contribution in [0.2, 0.25) is 0 Å². The van der Waals surface area contributed by atoms with Gasteiger partial charge in [0, 0.05) is 29.6 Å². The summed E-state index contributed by atoms with van der Waals surface area (Å²) in [5, 5.41) is 23.9. The van der Waals surface area contributed by atoms with E-state index in [1.807, 2.05) is 37.3 Å². The Morgan fingerprint density at radius 1 is 1.17 bits per heavy atom. The maximum absolute atomic E-state index is 10.0. The number of ether oxygens (including phenoxy) is 2. The minimum Gasteiger partial charge on any atom is -0.489 e. The van der Waals surface area contributed by atoms with Crippen LogP contribution in [0.5, 0.6) is 11.6 Å². The average molecular weight is 471 g/mol. The van der Waals surface area contributed by atoms with E-state index in [0.29, 0.717) is 22.7 Å². The van der Waals surface area contributed by atoms with Gasteiger partial charge in [-0.1, -0.05) is 0 Å². The highest BCUT2D eigenvalue weighted by Gasteiger charge is 2.30. The molecule has 0 aliphatic carbocycles. The highest BCUT2D eigenvalue weighted by Crippen LogP contribution is 2.32. The maximum atomic E-state index is 10.0. The van der Waals surface area contributed by atoms with Gasteiger partial charge in [0.05, 0.1) is 42.2 Å². The van der Waals surface area contributed by atoms with Crippen molar-refractivity contribution in [1.29, 1.82) is 5.26 Å². The van der Waals surface area contributed by atoms with E-state index in [0.717, 1.165) is 35.6 Å². The largest absolute Gasteiger partial charge is 0.489 e. The van der Waals surface area contributed by atoms with Crippen LogP contribution in [0, 0.1) is 18.3 Å². The van der Waals surface area contributed by atoms with Crippen LogP contribution in [-0.2, 0) is 0 Å². The van der Waals surface area contributed by atoms with Gasteiger partial charge in [0.1, 0.15) is 30.3 Å². The van der Waals surface area contributed by atoms with Crippen molar-refractivity contribution in [3.05, 3.63) is 66.2 Å². The van der Waals surface area contributed by atoms with Crippen LogP contribution in [0.25, 0.3) is 16.6 Å². The van der Waals surface area contributed by atoms with E-state index in [4.69, 9.17) is 9.47 Å². The Morgan fingerprint density at radius 3 is 2.69 bits per heavy atom. The van der Waals surface area contributed by atoms with E-state index < -0.39 is 5.60 Å². The van der Waals surface area contributed by atoms with Crippen LogP contribution in [0.1, 0.15) is 25.0 Å². The Labute approximate surface area is 203 Å². The lowest BCUT2D eigenvalue weighted by Crippen LogP contribution is -2.54. The first kappa shape index (κ1) is 22.6. The number of fused-ring (bicyclic) bond motifs is 1. The second kappa shape index (κ2) is 8.89. The molecule has 35 heavy (non-hydrogen) atoms. The summed E-state index contributed by atoms with van der Waals surface area (Å²) in [5.41, 5.74) is 2.90. The molecule has 1 aliphatic heterocycles. The molecular formula is C26H26N6O3. The third-order valence-corrected chi connectivity index (χ3v) is 5.71. The Morgan fingerprint density at radius 2 is 2.00 bits per heavy atom. The SMILES string of the molecule is Cc1ccnc(OC2CN(c3ccc(-c4cc(OCC(C)(C)O)cn5ncc(C#N)c45)cn3)C2)c1. The lowest BCUT2D eigenvalue weighted by Gasteiger charge is -2.39. The molecule has 0 atom stereocenters. The first-order valence-corrected chi connectivity index (χ1v) is 11.4. The number of aliphatic hydroxyl groups is 1. The molecule has 1 fully saturated rings. The quantitative estimate of drug-likeness (QED) is 0.438. The van der Waals surface area contributed by atoms with Gasteiger partial charge in [0.2, 0.25) is 5.88 Å². The summed E-state index contributed by atoms with van der Waals surface area (Å²) >= 11 is 0. The van der Waals surface area contributed by atoms with Crippen LogP contribution in [0.15, 0.2) is 55.1 Å². The number of anilines is 1. The molecular weight excluding hydrogens is 444 g/mol. The van der Waals surface area contributed by atoms with Crippen LogP contribution in [-0.4, -0.2) is 56.1 Å². The van der Waals surface area contributed by atoms with Crippen molar-refractivity contribution in [3.8, 4) is 28.8 Å². The molecule has 1 N–H and O–H groups in total. The van der Waals surface area contributed by atoms with E-state index in [9.17, 15) is 10.4 Å². The van der Waals surface area contributed by atoms with Crippen molar-refractivity contribution in [2.75, 3.05) is 24.6 Å². The molecule has 4 aromatic heterocycles. The maximum Gasteiger partial charge on any atom is 0.213 e. The molecule has 0 unspecified atom stereocenters. The van der Waals surface area contributed by atoms with E-state index in [-0.39, 0.29) is 12.7 Å². The Hall–Kier alpha value is -4.16. The van der Waals surface area contributed by atoms with Crippen molar-refractivity contribution in [1.82, 2.24) is 19.6 Å². The molecule has 1 aliphatic rings. The fourth-order valence-electron chi connectivity index (χ4n) is 3.91. The Kier molecular flexibility index (Phi) is 5.75. The minimum absolute atomic E-state index is 0.0694. The summed E-state index contributed by atoms with van der Waals surface area (Å²) in [7, 11) is 0. The van der Waals surface area contributed by atoms with Gasteiger partial charge in [-0.15, -0.1) is 0 Å². The topological polar surface area (TPSA) is 109 Å². The molecule has 1 saturated heterocycles. The molecule has 9 heteroatoms. The van der Waals surface area contributed by atoms with Crippen LogP contribution in [0.3, 0.4) is 0 Å². The summed E-state index contributed by atoms with van der Waals surface area (Å²) < 4.78 is 13.4. The van der Waals surface area contributed by atoms with E-state index in [1.165, 1.54) is 6.20 Å². The van der Waals surface area contributed by atoms with Gasteiger partial charge in [-0.2, -0.15) is 10.4 Å². The molecule has 0 bridgehead atoms. The molecule has 0 spiro atoms. The van der Waals surface area contributed by atoms with Crippen LogP contribution in [0.4, 0.5) is 5.82 Å². The normalized spacial score (nSPS) is 14.0. The van der Waals surface area contributed by atoms with Crippen LogP contribution >= 0.6 is 0 Å². The Bertz CT molecular complexity index is 1400. The van der Waals surface area contributed by atoms with Crippen molar-refractivity contribution in [2.45, 2.75) is 32.5 Å². The highest BCUT2D eigenvalue weighted by atomic mass is 16.5. The zero-order chi connectivity index (χ0) is 24.6. The van der Waals surface area contributed by atoms with Gasteiger partial charge < -0.3 is 19.5 Å². The van der Waals surface area contributed by atoms with E-state index in [1.54, 1.807) is 37.0 Å². The summed E-state index contributed by atoms with van der Waals surface area (Å²) in [6.07, 6.45) is 6.84. The Balaban J connectivity index is 1.35. The number of rotatable bonds is 7. The number of nitriles is 1. The first-order chi connectivity index (χ1) is 16.8. The zero-order valence-corrected chi connectivity index (χ0v) is 19.8. The third-order valence-electron chi connectivity index (χ3n) is 5.71. The van der Waals surface area contributed by atoms with Crippen molar-refractivity contribution in [3.63, 3.8) is 0 Å². The lowest BCUT2D eigenvalue weighted by molar-refractivity contribution is 0.0283. The molecule has 0 aromatic carbocycles. The third kappa shape index (κ3) is 4.88. The number of aromatic nitrogens is 4. The first-order valence-electron chi connectivity index (χ1n) is 11.4. The second-order valence-electron chi connectivity index (χ2n) is 9.38. The fourth-order valence-corrected chi connectivity index (χ4v) is 3.91. The number of aryl methyl sites for hydroxylation is 1. The molecule has 0 saturated carbocycles. The predicted molar refractivity (Wildman–Crippen MR) is 131 cm³/mol. The molecule has 0 amide bonds. The summed E-state index contributed by atoms with van der Waals surface area (Å²) in [6.45, 7) is 6.96. The van der Waals surface area contributed by atoms with Gasteiger partial charge >= 0.3 is 0 Å². The summed E-state index contributed by atoms with van der Waals surface area (Å²) in [5.74, 6) is 2.03. The standard InChI is InChI=1S/C26H26N6O3/c1-17-6-7-28-24(8-17)35-21-13-31(14-21)23-5-4-18(11-29-23)22-9-20(34-16-26(2,3)33)15-32-25(22)19(10-27)12-30-32/h4-9,11-12,15,21,33H,13-14,16H2,1-3H3. The van der Waals surface area contributed by atoms with Crippen molar-refractivity contribution >= 4 is 11.3 Å². The monoisotopic (exact) mass is 470 g/mol. The molecule has 5 rings (SSSR count). The molecule has 0 radical (unpaired) electrons. The predicted octanol–water partition coefficient (Wildman–Crippen LogP) is 3.39. The minimum atomic E-state index is -0.978. The molecule has 178 valence electrons.